The van der Waals surface area contributed by atoms with Gasteiger partial charge in [0.05, 0.1) is 52.9 Å². The Morgan fingerprint density at radius 1 is 0.553 bits per heavy atom. The van der Waals surface area contributed by atoms with Crippen molar-refractivity contribution in [2.24, 2.45) is 0 Å². The minimum absolute atomic E-state index is 0.0422. The van der Waals surface area contributed by atoms with Crippen molar-refractivity contribution in [1.29, 1.82) is 0 Å². The van der Waals surface area contributed by atoms with Gasteiger partial charge < -0.3 is 39.4 Å². The molecule has 47 heavy (non-hydrogen) atoms. The molecule has 0 aromatic carbocycles. The zero-order valence-corrected chi connectivity index (χ0v) is 28.5. The Hall–Kier alpha value is -2.94. The summed E-state index contributed by atoms with van der Waals surface area (Å²) in [5, 5.41) is 20.8. The number of carboxylic acid groups (broad SMARTS) is 2. The molecule has 0 aromatic rings. The van der Waals surface area contributed by atoms with Crippen LogP contribution in [0.1, 0.15) is 104 Å². The molecule has 272 valence electrons. The van der Waals surface area contributed by atoms with Gasteiger partial charge in [-0.15, -0.1) is 0 Å². The van der Waals surface area contributed by atoms with E-state index in [4.69, 9.17) is 24.1 Å². The number of carbonyl (C=O) groups excluding carboxylic acids is 4. The molecule has 0 radical (unpaired) electrons. The Morgan fingerprint density at radius 3 is 1.40 bits per heavy atom. The van der Waals surface area contributed by atoms with Crippen LogP contribution < -0.4 is 5.32 Å². The molecule has 0 bridgehead atoms. The highest BCUT2D eigenvalue weighted by atomic mass is 16.5. The summed E-state index contributed by atoms with van der Waals surface area (Å²) in [4.78, 5) is 71.3. The van der Waals surface area contributed by atoms with Crippen LogP contribution in [0.25, 0.3) is 0 Å². The van der Waals surface area contributed by atoms with Gasteiger partial charge in [0.2, 0.25) is 11.8 Å². The lowest BCUT2D eigenvalue weighted by atomic mass is 10.1. The Labute approximate surface area is 279 Å². The third-order valence-electron chi connectivity index (χ3n) is 7.13. The fourth-order valence-corrected chi connectivity index (χ4v) is 4.36. The number of nitrogens with one attached hydrogen (secondary N) is 1. The topological polar surface area (TPSA) is 195 Å². The van der Waals surface area contributed by atoms with Crippen LogP contribution >= 0.6 is 0 Å². The maximum atomic E-state index is 13.0. The Balaban J connectivity index is 4.54. The lowest BCUT2D eigenvalue weighted by molar-refractivity contribution is -0.142. The van der Waals surface area contributed by atoms with Crippen LogP contribution in [0.3, 0.4) is 0 Å². The van der Waals surface area contributed by atoms with Gasteiger partial charge >= 0.3 is 11.9 Å². The molecule has 0 aliphatic carbocycles. The zero-order valence-electron chi connectivity index (χ0n) is 28.5. The number of amides is 2. The number of Topliss-reactive ketones (excluding diaryl/α,β-unsaturated/α-hetero) is 2. The molecule has 0 fully saturated rings. The van der Waals surface area contributed by atoms with Gasteiger partial charge in [0.25, 0.3) is 0 Å². The van der Waals surface area contributed by atoms with E-state index >= 15 is 0 Å². The van der Waals surface area contributed by atoms with E-state index in [-0.39, 0.29) is 88.6 Å². The number of carbonyl (C=O) groups is 6. The fraction of sp³-hybridized carbons (Fsp3) is 0.818. The molecule has 1 atom stereocenters. The largest absolute Gasteiger partial charge is 0.481 e. The molecule has 14 heteroatoms. The number of ether oxygens (including phenoxy) is 4. The van der Waals surface area contributed by atoms with Crippen molar-refractivity contribution in [3.8, 4) is 0 Å². The highest BCUT2D eigenvalue weighted by molar-refractivity contribution is 5.84. The van der Waals surface area contributed by atoms with Crippen LogP contribution in [0.5, 0.6) is 0 Å². The first-order valence-electron chi connectivity index (χ1n) is 16.8. The quantitative estimate of drug-likeness (QED) is 0.0845. The summed E-state index contributed by atoms with van der Waals surface area (Å²) in [5.74, 6) is -2.56. The second-order valence-corrected chi connectivity index (χ2v) is 11.5. The van der Waals surface area contributed by atoms with E-state index in [1.54, 1.807) is 0 Å². The minimum Gasteiger partial charge on any atom is -0.481 e. The van der Waals surface area contributed by atoms with Crippen LogP contribution in [-0.4, -0.2) is 122 Å². The Bertz CT molecular complexity index is 869. The molecule has 3 N–H and O–H groups in total. The predicted molar refractivity (Wildman–Crippen MR) is 173 cm³/mol. The summed E-state index contributed by atoms with van der Waals surface area (Å²) in [7, 11) is 0. The van der Waals surface area contributed by atoms with Crippen molar-refractivity contribution in [2.45, 2.75) is 110 Å². The SMILES string of the molecule is CC(=O)CCOCCOCCN(CCOCCOCCC(C)=O)C(=O)CCC(NC(=O)CCCCCCCCCCC(=O)O)C(=O)O. The smallest absolute Gasteiger partial charge is 0.326 e. The molecule has 0 aromatic heterocycles. The van der Waals surface area contributed by atoms with Gasteiger partial charge in [-0.25, -0.2) is 4.79 Å². The summed E-state index contributed by atoms with van der Waals surface area (Å²) in [6, 6.07) is -1.19. The number of carboxylic acids is 2. The second-order valence-electron chi connectivity index (χ2n) is 11.5. The van der Waals surface area contributed by atoms with Gasteiger partial charge in [-0.3, -0.25) is 24.0 Å². The fourth-order valence-electron chi connectivity index (χ4n) is 4.36. The standard InChI is InChI=1S/C33H58N2O12/c1-27(36)15-19-44-23-25-46-21-17-35(18-22-47-26-24-45-20-16-28(2)37)31(39)14-13-29(33(42)43)34-30(38)11-9-7-5-3-4-6-8-10-12-32(40)41/h29H,3-26H2,1-2H3,(H,34,38)(H,40,41)(H,42,43). The maximum absolute atomic E-state index is 13.0. The predicted octanol–water partition coefficient (Wildman–Crippen LogP) is 3.17. The van der Waals surface area contributed by atoms with Crippen molar-refractivity contribution in [2.75, 3.05) is 65.9 Å². The van der Waals surface area contributed by atoms with E-state index < -0.39 is 18.0 Å². The van der Waals surface area contributed by atoms with Crippen molar-refractivity contribution in [1.82, 2.24) is 10.2 Å². The van der Waals surface area contributed by atoms with E-state index in [0.717, 1.165) is 38.5 Å². The third kappa shape index (κ3) is 30.2. The molecule has 0 aliphatic rings. The maximum Gasteiger partial charge on any atom is 0.326 e. The highest BCUT2D eigenvalue weighted by Crippen LogP contribution is 2.11. The van der Waals surface area contributed by atoms with Crippen molar-refractivity contribution in [3.05, 3.63) is 0 Å². The van der Waals surface area contributed by atoms with Gasteiger partial charge in [-0.05, 0) is 33.1 Å². The summed E-state index contributed by atoms with van der Waals surface area (Å²) in [6.07, 6.45) is 7.94. The summed E-state index contributed by atoms with van der Waals surface area (Å²) < 4.78 is 21.8. The van der Waals surface area contributed by atoms with E-state index in [9.17, 15) is 33.9 Å². The zero-order chi connectivity index (χ0) is 35.1. The van der Waals surface area contributed by atoms with Crippen LogP contribution in [-0.2, 0) is 47.7 Å². The summed E-state index contributed by atoms with van der Waals surface area (Å²) >= 11 is 0. The molecule has 0 saturated heterocycles. The minimum atomic E-state index is -1.21. The van der Waals surface area contributed by atoms with Crippen molar-refractivity contribution < 1.29 is 57.9 Å². The first-order valence-corrected chi connectivity index (χ1v) is 16.8. The van der Waals surface area contributed by atoms with Crippen LogP contribution in [0, 0.1) is 0 Å². The van der Waals surface area contributed by atoms with Crippen molar-refractivity contribution in [3.63, 3.8) is 0 Å². The van der Waals surface area contributed by atoms with Gasteiger partial charge in [-0.1, -0.05) is 38.5 Å². The Kier molecular flexibility index (Phi) is 28.5. The molecule has 0 aliphatic heterocycles. The molecule has 0 spiro atoms. The van der Waals surface area contributed by atoms with Gasteiger partial charge in [-0.2, -0.15) is 0 Å². The van der Waals surface area contributed by atoms with Gasteiger partial charge in [0, 0.05) is 45.2 Å². The molecule has 0 saturated carbocycles. The third-order valence-corrected chi connectivity index (χ3v) is 7.13. The number of aliphatic carboxylic acids is 2. The van der Waals surface area contributed by atoms with E-state index in [1.165, 1.54) is 18.7 Å². The molecule has 2 amide bonds. The molecule has 0 rings (SSSR count). The Morgan fingerprint density at radius 2 is 0.979 bits per heavy atom. The number of ketones is 2. The van der Waals surface area contributed by atoms with E-state index in [1.807, 2.05) is 0 Å². The highest BCUT2D eigenvalue weighted by Gasteiger charge is 2.23. The van der Waals surface area contributed by atoms with Gasteiger partial charge in [0.1, 0.15) is 17.6 Å². The van der Waals surface area contributed by atoms with Crippen molar-refractivity contribution >= 4 is 35.3 Å². The average molecular weight is 675 g/mol. The van der Waals surface area contributed by atoms with Crippen LogP contribution in [0.15, 0.2) is 0 Å². The van der Waals surface area contributed by atoms with E-state index in [2.05, 4.69) is 5.32 Å². The molecule has 1 unspecified atom stereocenters. The summed E-state index contributed by atoms with van der Waals surface area (Å²) in [6.45, 7) is 5.75. The average Bonchev–Trinajstić information content (AvgIpc) is 3.00. The number of nitrogens with zero attached hydrogens (tertiary/aromatic N) is 1. The lowest BCUT2D eigenvalue weighted by Gasteiger charge is -2.24. The number of hydrogen-bond acceptors (Lipinski definition) is 10. The molecule has 0 heterocycles. The first-order chi connectivity index (χ1) is 22.5. The van der Waals surface area contributed by atoms with Gasteiger partial charge in [0.15, 0.2) is 0 Å². The van der Waals surface area contributed by atoms with Crippen LogP contribution in [0.4, 0.5) is 0 Å². The number of rotatable bonds is 34. The normalized spacial score (nSPS) is 11.6. The summed E-state index contributed by atoms with van der Waals surface area (Å²) in [5.41, 5.74) is 0. The lowest BCUT2D eigenvalue weighted by Crippen LogP contribution is -2.42. The van der Waals surface area contributed by atoms with Crippen LogP contribution in [0.2, 0.25) is 0 Å². The number of hydrogen-bond donors (Lipinski definition) is 3. The monoisotopic (exact) mass is 674 g/mol. The number of unbranched alkanes of at least 4 members (excludes halogenated alkanes) is 7. The van der Waals surface area contributed by atoms with E-state index in [0.29, 0.717) is 52.1 Å². The second kappa shape index (κ2) is 30.4. The molecule has 14 nitrogen and oxygen atoms in total. The first kappa shape index (κ1) is 44.1. The molecular weight excluding hydrogens is 616 g/mol. The molecular formula is C33H58N2O12.